The van der Waals surface area contributed by atoms with Crippen molar-refractivity contribution in [2.24, 2.45) is 0 Å². The van der Waals surface area contributed by atoms with E-state index in [2.05, 4.69) is 20.2 Å². The van der Waals surface area contributed by atoms with Gasteiger partial charge in [-0.25, -0.2) is 9.97 Å². The summed E-state index contributed by atoms with van der Waals surface area (Å²) >= 11 is 0. The van der Waals surface area contributed by atoms with E-state index in [9.17, 15) is 14.4 Å². The third-order valence-corrected chi connectivity index (χ3v) is 7.46. The van der Waals surface area contributed by atoms with Crippen molar-refractivity contribution in [3.05, 3.63) is 42.4 Å². The first-order valence-corrected chi connectivity index (χ1v) is 14.2. The van der Waals surface area contributed by atoms with Gasteiger partial charge < -0.3 is 19.9 Å². The minimum absolute atomic E-state index is 0.0666. The summed E-state index contributed by atoms with van der Waals surface area (Å²) in [5.41, 5.74) is 2.28. The van der Waals surface area contributed by atoms with Crippen LogP contribution >= 0.6 is 0 Å². The molecule has 2 aromatic heterocycles. The maximum atomic E-state index is 13.1. The zero-order valence-corrected chi connectivity index (χ0v) is 23.7. The van der Waals surface area contributed by atoms with Crippen LogP contribution in [0.3, 0.4) is 0 Å². The average Bonchev–Trinajstić information content (AvgIpc) is 3.46. The predicted octanol–water partition coefficient (Wildman–Crippen LogP) is 3.88. The number of amides is 2. The van der Waals surface area contributed by atoms with Gasteiger partial charge in [-0.1, -0.05) is 31.9 Å². The number of carbonyl (C=O) groups excluding carboxylic acids is 3. The molecule has 1 saturated heterocycles. The molecule has 1 aromatic carbocycles. The Morgan fingerprint density at radius 3 is 2.60 bits per heavy atom. The van der Waals surface area contributed by atoms with Gasteiger partial charge in [0, 0.05) is 57.4 Å². The van der Waals surface area contributed by atoms with Crippen molar-refractivity contribution in [3.8, 4) is 17.1 Å². The molecule has 0 aliphatic carbocycles. The number of ether oxygens (including phenoxy) is 1. The number of methoxy groups -OCH3 is 1. The molecule has 1 fully saturated rings. The van der Waals surface area contributed by atoms with Crippen LogP contribution in [0.4, 0.5) is 0 Å². The van der Waals surface area contributed by atoms with Crippen LogP contribution in [0.1, 0.15) is 64.2 Å². The number of unbranched alkanes of at least 4 members (excludes halogenated alkanes) is 2. The fourth-order valence-electron chi connectivity index (χ4n) is 5.06. The van der Waals surface area contributed by atoms with Crippen molar-refractivity contribution >= 4 is 28.5 Å². The standard InChI is InChI=1S/C30H40N6O4/c1-4-22(38)10-6-5-7-13-25(33-29(39)20-35-14-16-36(17-15-35)21(2)37)30-31-19-27(34-30)26-18-28(40-3)23-11-8-9-12-24(23)32-26/h8-9,11-12,18-19,25H,4-7,10,13-17,20H2,1-3H3,(H,31,34)(H,33,39)/t25-/m0/s1. The largest absolute Gasteiger partial charge is 0.496 e. The Hall–Kier alpha value is -3.79. The fraction of sp³-hybridized carbons (Fsp3) is 0.500. The highest BCUT2D eigenvalue weighted by Crippen LogP contribution is 2.30. The van der Waals surface area contributed by atoms with Crippen molar-refractivity contribution in [2.45, 2.75) is 58.4 Å². The lowest BCUT2D eigenvalue weighted by Crippen LogP contribution is -2.50. The molecule has 10 nitrogen and oxygen atoms in total. The molecule has 2 amide bonds. The second-order valence-corrected chi connectivity index (χ2v) is 10.3. The van der Waals surface area contributed by atoms with Crippen LogP contribution in [-0.4, -0.2) is 82.2 Å². The normalized spacial score (nSPS) is 14.7. The van der Waals surface area contributed by atoms with Crippen LogP contribution in [0.25, 0.3) is 22.3 Å². The summed E-state index contributed by atoms with van der Waals surface area (Å²) in [6.07, 6.45) is 6.22. The third-order valence-electron chi connectivity index (χ3n) is 7.46. The minimum atomic E-state index is -0.302. The number of aromatic amines is 1. The molecule has 40 heavy (non-hydrogen) atoms. The fourth-order valence-corrected chi connectivity index (χ4v) is 5.06. The lowest BCUT2D eigenvalue weighted by Gasteiger charge is -2.34. The number of hydrogen-bond donors (Lipinski definition) is 2. The molecule has 10 heteroatoms. The third kappa shape index (κ3) is 7.65. The molecular weight excluding hydrogens is 508 g/mol. The number of carbonyl (C=O) groups is 3. The topological polar surface area (TPSA) is 121 Å². The molecule has 0 spiro atoms. The lowest BCUT2D eigenvalue weighted by molar-refractivity contribution is -0.131. The number of para-hydroxylation sites is 1. The maximum Gasteiger partial charge on any atom is 0.234 e. The summed E-state index contributed by atoms with van der Waals surface area (Å²) in [7, 11) is 1.64. The van der Waals surface area contributed by atoms with Gasteiger partial charge in [0.05, 0.1) is 42.8 Å². The molecule has 3 aromatic rings. The minimum Gasteiger partial charge on any atom is -0.496 e. The molecule has 1 aliphatic rings. The number of pyridine rings is 1. The Labute approximate surface area is 235 Å². The summed E-state index contributed by atoms with van der Waals surface area (Å²) in [5, 5.41) is 4.11. The van der Waals surface area contributed by atoms with E-state index in [1.165, 1.54) is 0 Å². The number of nitrogens with one attached hydrogen (secondary N) is 2. The van der Waals surface area contributed by atoms with E-state index < -0.39 is 0 Å². The van der Waals surface area contributed by atoms with Gasteiger partial charge in [0.15, 0.2) is 0 Å². The van der Waals surface area contributed by atoms with Gasteiger partial charge in [0.2, 0.25) is 11.8 Å². The number of piperazine rings is 1. The van der Waals surface area contributed by atoms with Gasteiger partial charge in [0.1, 0.15) is 17.4 Å². The number of Topliss-reactive ketones (excluding diaryl/α,β-unsaturated/α-hetero) is 1. The zero-order chi connectivity index (χ0) is 28.5. The highest BCUT2D eigenvalue weighted by molar-refractivity contribution is 5.87. The lowest BCUT2D eigenvalue weighted by atomic mass is 10.0. The molecule has 1 aliphatic heterocycles. The van der Waals surface area contributed by atoms with E-state index in [1.807, 2.05) is 37.3 Å². The van der Waals surface area contributed by atoms with Crippen LogP contribution in [-0.2, 0) is 14.4 Å². The van der Waals surface area contributed by atoms with Gasteiger partial charge in [-0.05, 0) is 25.0 Å². The Kier molecular flexibility index (Phi) is 10.2. The Morgan fingerprint density at radius 2 is 1.88 bits per heavy atom. The SMILES string of the molecule is CCC(=O)CCCCC[C@H](NC(=O)CN1CCN(C(C)=O)CC1)c1ncc(-c2cc(OC)c3ccccc3n2)[nH]1. The summed E-state index contributed by atoms with van der Waals surface area (Å²) in [6.45, 7) is 6.34. The quantitative estimate of drug-likeness (QED) is 0.311. The predicted molar refractivity (Wildman–Crippen MR) is 154 cm³/mol. The van der Waals surface area contributed by atoms with Gasteiger partial charge in [-0.3, -0.25) is 19.3 Å². The average molecular weight is 549 g/mol. The van der Waals surface area contributed by atoms with Crippen LogP contribution in [0, 0.1) is 0 Å². The summed E-state index contributed by atoms with van der Waals surface area (Å²) in [5.74, 6) is 1.67. The smallest absolute Gasteiger partial charge is 0.234 e. The van der Waals surface area contributed by atoms with E-state index in [4.69, 9.17) is 9.72 Å². The maximum absolute atomic E-state index is 13.1. The number of fused-ring (bicyclic) bond motifs is 1. The van der Waals surface area contributed by atoms with Crippen LogP contribution in [0.5, 0.6) is 5.75 Å². The molecule has 2 N–H and O–H groups in total. The Bertz CT molecular complexity index is 1310. The number of H-pyrrole nitrogens is 1. The molecule has 0 unspecified atom stereocenters. The van der Waals surface area contributed by atoms with Crippen molar-refractivity contribution in [3.63, 3.8) is 0 Å². The van der Waals surface area contributed by atoms with Gasteiger partial charge in [-0.15, -0.1) is 0 Å². The highest BCUT2D eigenvalue weighted by Gasteiger charge is 2.23. The first-order chi connectivity index (χ1) is 19.4. The summed E-state index contributed by atoms with van der Waals surface area (Å²) in [4.78, 5) is 53.1. The van der Waals surface area contributed by atoms with Gasteiger partial charge in [0.25, 0.3) is 0 Å². The molecule has 214 valence electrons. The molecule has 1 atom stereocenters. The number of ketones is 1. The first kappa shape index (κ1) is 29.2. The van der Waals surface area contributed by atoms with Crippen LogP contribution in [0.15, 0.2) is 36.5 Å². The molecule has 0 bridgehead atoms. The molecule has 0 saturated carbocycles. The Balaban J connectivity index is 1.46. The number of benzene rings is 1. The molecule has 4 rings (SSSR count). The van der Waals surface area contributed by atoms with Crippen LogP contribution in [0.2, 0.25) is 0 Å². The van der Waals surface area contributed by atoms with E-state index in [1.54, 1.807) is 25.1 Å². The molecular formula is C30H40N6O4. The summed E-state index contributed by atoms with van der Waals surface area (Å²) in [6, 6.07) is 9.40. The van der Waals surface area contributed by atoms with E-state index in [0.29, 0.717) is 57.0 Å². The van der Waals surface area contributed by atoms with Crippen LogP contribution < -0.4 is 10.1 Å². The first-order valence-electron chi connectivity index (χ1n) is 14.2. The van der Waals surface area contributed by atoms with Gasteiger partial charge in [-0.2, -0.15) is 0 Å². The Morgan fingerprint density at radius 1 is 1.10 bits per heavy atom. The number of aromatic nitrogens is 3. The molecule has 0 radical (unpaired) electrons. The number of rotatable bonds is 13. The van der Waals surface area contributed by atoms with Gasteiger partial charge >= 0.3 is 0 Å². The number of nitrogens with zero attached hydrogens (tertiary/aromatic N) is 4. The number of imidazole rings is 1. The van der Waals surface area contributed by atoms with Crippen molar-refractivity contribution in [1.29, 1.82) is 0 Å². The zero-order valence-electron chi connectivity index (χ0n) is 23.7. The van der Waals surface area contributed by atoms with Crippen molar-refractivity contribution in [1.82, 2.24) is 30.1 Å². The number of hydrogen-bond acceptors (Lipinski definition) is 7. The van der Waals surface area contributed by atoms with E-state index >= 15 is 0 Å². The summed E-state index contributed by atoms with van der Waals surface area (Å²) < 4.78 is 5.61. The monoisotopic (exact) mass is 548 g/mol. The highest BCUT2D eigenvalue weighted by atomic mass is 16.5. The second kappa shape index (κ2) is 14.0. The van der Waals surface area contributed by atoms with Crippen molar-refractivity contribution in [2.75, 3.05) is 39.8 Å². The van der Waals surface area contributed by atoms with E-state index in [-0.39, 0.29) is 30.2 Å². The molecule has 3 heterocycles. The van der Waals surface area contributed by atoms with Crippen molar-refractivity contribution < 1.29 is 19.1 Å². The van der Waals surface area contributed by atoms with E-state index in [0.717, 1.165) is 41.6 Å². The second-order valence-electron chi connectivity index (χ2n) is 10.3.